The highest BCUT2D eigenvalue weighted by Crippen LogP contribution is 2.31. The second-order valence-electron chi connectivity index (χ2n) is 6.51. The van der Waals surface area contributed by atoms with Crippen LogP contribution in [-0.2, 0) is 4.74 Å². The van der Waals surface area contributed by atoms with Gasteiger partial charge in [0.25, 0.3) is 0 Å². The molecule has 3 nitrogen and oxygen atoms in total. The van der Waals surface area contributed by atoms with Crippen molar-refractivity contribution in [3.8, 4) is 0 Å². The molecule has 104 valence electrons. The molecule has 1 saturated heterocycles. The summed E-state index contributed by atoms with van der Waals surface area (Å²) in [6.45, 7) is 3.92. The Balaban J connectivity index is 1.36. The van der Waals surface area contributed by atoms with Crippen molar-refractivity contribution < 1.29 is 4.74 Å². The lowest BCUT2D eigenvalue weighted by molar-refractivity contribution is 0.0583. The largest absolute Gasteiger partial charge is 0.381 e. The lowest BCUT2D eigenvalue weighted by Gasteiger charge is -2.29. The van der Waals surface area contributed by atoms with Gasteiger partial charge in [0.15, 0.2) is 0 Å². The average Bonchev–Trinajstić information content (AvgIpc) is 3.16. The minimum absolute atomic E-state index is 0.503. The molecule has 0 radical (unpaired) electrons. The number of nitrogens with zero attached hydrogens (tertiary/aromatic N) is 1. The molecule has 18 heavy (non-hydrogen) atoms. The molecule has 3 rings (SSSR count). The summed E-state index contributed by atoms with van der Waals surface area (Å²) in [4.78, 5) is 2.71. The molecule has 0 aromatic heterocycles. The van der Waals surface area contributed by atoms with E-state index >= 15 is 0 Å². The van der Waals surface area contributed by atoms with Gasteiger partial charge in [-0.15, -0.1) is 0 Å². The van der Waals surface area contributed by atoms with Gasteiger partial charge in [-0.05, 0) is 64.0 Å². The standard InChI is InChI=1S/C15H28N2O/c1-18-15-4-2-3-13(9-15)16-10-12-7-8-17(11-12)14-5-6-14/h12-16H,2-11H2,1H3. The topological polar surface area (TPSA) is 24.5 Å². The number of rotatable bonds is 5. The number of ether oxygens (including phenoxy) is 1. The molecule has 0 spiro atoms. The Labute approximate surface area is 111 Å². The summed E-state index contributed by atoms with van der Waals surface area (Å²) < 4.78 is 5.50. The van der Waals surface area contributed by atoms with Gasteiger partial charge in [-0.2, -0.15) is 0 Å². The SMILES string of the molecule is COC1CCCC(NCC2CCN(C3CC3)C2)C1. The maximum absolute atomic E-state index is 5.50. The molecule has 1 heterocycles. The summed E-state index contributed by atoms with van der Waals surface area (Å²) in [6, 6.07) is 1.67. The fraction of sp³-hybridized carbons (Fsp3) is 1.00. The summed E-state index contributed by atoms with van der Waals surface area (Å²) >= 11 is 0. The molecule has 3 unspecified atom stereocenters. The van der Waals surface area contributed by atoms with Crippen LogP contribution in [0.2, 0.25) is 0 Å². The quantitative estimate of drug-likeness (QED) is 0.810. The summed E-state index contributed by atoms with van der Waals surface area (Å²) in [5, 5.41) is 3.80. The Morgan fingerprint density at radius 3 is 2.83 bits per heavy atom. The van der Waals surface area contributed by atoms with E-state index in [1.807, 2.05) is 7.11 Å². The Hall–Kier alpha value is -0.120. The highest BCUT2D eigenvalue weighted by molar-refractivity contribution is 4.90. The van der Waals surface area contributed by atoms with E-state index in [0.29, 0.717) is 12.1 Å². The van der Waals surface area contributed by atoms with Crippen LogP contribution in [0.3, 0.4) is 0 Å². The van der Waals surface area contributed by atoms with Crippen molar-refractivity contribution in [3.05, 3.63) is 0 Å². The van der Waals surface area contributed by atoms with Gasteiger partial charge in [-0.1, -0.05) is 0 Å². The van der Waals surface area contributed by atoms with Crippen LogP contribution in [0.4, 0.5) is 0 Å². The lowest BCUT2D eigenvalue weighted by atomic mass is 9.92. The van der Waals surface area contributed by atoms with Gasteiger partial charge < -0.3 is 15.0 Å². The molecule has 3 fully saturated rings. The molecule has 1 N–H and O–H groups in total. The van der Waals surface area contributed by atoms with Crippen LogP contribution in [0, 0.1) is 5.92 Å². The van der Waals surface area contributed by atoms with Gasteiger partial charge in [-0.3, -0.25) is 0 Å². The maximum Gasteiger partial charge on any atom is 0.0586 e. The molecule has 2 saturated carbocycles. The van der Waals surface area contributed by atoms with E-state index in [-0.39, 0.29) is 0 Å². The van der Waals surface area contributed by atoms with Crippen molar-refractivity contribution in [2.24, 2.45) is 5.92 Å². The molecular formula is C15H28N2O. The lowest BCUT2D eigenvalue weighted by Crippen LogP contribution is -2.39. The average molecular weight is 252 g/mol. The van der Waals surface area contributed by atoms with Crippen LogP contribution < -0.4 is 5.32 Å². The summed E-state index contributed by atoms with van der Waals surface area (Å²) in [5.41, 5.74) is 0. The molecule has 3 aliphatic rings. The molecule has 0 bridgehead atoms. The first kappa shape index (κ1) is 12.9. The van der Waals surface area contributed by atoms with Crippen LogP contribution in [-0.4, -0.2) is 49.8 Å². The van der Waals surface area contributed by atoms with Gasteiger partial charge >= 0.3 is 0 Å². The van der Waals surface area contributed by atoms with Crippen molar-refractivity contribution >= 4 is 0 Å². The Morgan fingerprint density at radius 2 is 2.06 bits per heavy atom. The van der Waals surface area contributed by atoms with E-state index in [4.69, 9.17) is 4.74 Å². The van der Waals surface area contributed by atoms with E-state index in [1.54, 1.807) is 0 Å². The van der Waals surface area contributed by atoms with E-state index in [9.17, 15) is 0 Å². The van der Waals surface area contributed by atoms with E-state index in [0.717, 1.165) is 12.0 Å². The Morgan fingerprint density at radius 1 is 1.17 bits per heavy atom. The first-order valence-corrected chi connectivity index (χ1v) is 7.85. The number of methoxy groups -OCH3 is 1. The van der Waals surface area contributed by atoms with Crippen molar-refractivity contribution in [3.63, 3.8) is 0 Å². The predicted molar refractivity (Wildman–Crippen MR) is 73.8 cm³/mol. The molecular weight excluding hydrogens is 224 g/mol. The van der Waals surface area contributed by atoms with Gasteiger partial charge in [0.05, 0.1) is 6.10 Å². The van der Waals surface area contributed by atoms with Gasteiger partial charge in [0.2, 0.25) is 0 Å². The second kappa shape index (κ2) is 5.89. The minimum Gasteiger partial charge on any atom is -0.381 e. The normalized spacial score (nSPS) is 38.2. The predicted octanol–water partition coefficient (Wildman–Crippen LogP) is 2.02. The number of nitrogens with one attached hydrogen (secondary N) is 1. The first-order valence-electron chi connectivity index (χ1n) is 7.85. The minimum atomic E-state index is 0.503. The third-order valence-corrected chi connectivity index (χ3v) is 5.04. The van der Waals surface area contributed by atoms with E-state index < -0.39 is 0 Å². The molecule has 2 aliphatic carbocycles. The number of hydrogen-bond donors (Lipinski definition) is 1. The number of likely N-dealkylation sites (tertiary alicyclic amines) is 1. The Bertz CT molecular complexity index is 267. The van der Waals surface area contributed by atoms with Gasteiger partial charge in [-0.25, -0.2) is 0 Å². The van der Waals surface area contributed by atoms with Crippen molar-refractivity contribution in [2.75, 3.05) is 26.7 Å². The van der Waals surface area contributed by atoms with Crippen molar-refractivity contribution in [1.82, 2.24) is 10.2 Å². The van der Waals surface area contributed by atoms with E-state index in [1.165, 1.54) is 64.6 Å². The highest BCUT2D eigenvalue weighted by atomic mass is 16.5. The maximum atomic E-state index is 5.50. The molecule has 3 atom stereocenters. The van der Waals surface area contributed by atoms with Gasteiger partial charge in [0.1, 0.15) is 0 Å². The zero-order valence-electron chi connectivity index (χ0n) is 11.7. The van der Waals surface area contributed by atoms with Gasteiger partial charge in [0, 0.05) is 25.7 Å². The molecule has 0 aromatic carbocycles. The van der Waals surface area contributed by atoms with Crippen LogP contribution >= 0.6 is 0 Å². The fourth-order valence-corrected chi connectivity index (χ4v) is 3.68. The van der Waals surface area contributed by atoms with Crippen LogP contribution in [0.15, 0.2) is 0 Å². The van der Waals surface area contributed by atoms with Crippen molar-refractivity contribution in [2.45, 2.75) is 63.1 Å². The zero-order chi connectivity index (χ0) is 12.4. The highest BCUT2D eigenvalue weighted by Gasteiger charge is 2.34. The summed E-state index contributed by atoms with van der Waals surface area (Å²) in [5.74, 6) is 0.897. The number of hydrogen-bond acceptors (Lipinski definition) is 3. The zero-order valence-corrected chi connectivity index (χ0v) is 11.7. The van der Waals surface area contributed by atoms with E-state index in [2.05, 4.69) is 10.2 Å². The van der Waals surface area contributed by atoms with Crippen LogP contribution in [0.25, 0.3) is 0 Å². The molecule has 1 aliphatic heterocycles. The van der Waals surface area contributed by atoms with Crippen LogP contribution in [0.5, 0.6) is 0 Å². The second-order valence-corrected chi connectivity index (χ2v) is 6.51. The molecule has 0 aromatic rings. The third-order valence-electron chi connectivity index (χ3n) is 5.04. The third kappa shape index (κ3) is 3.25. The summed E-state index contributed by atoms with van der Waals surface area (Å²) in [6.07, 6.45) is 9.97. The Kier molecular flexibility index (Phi) is 4.22. The first-order chi connectivity index (χ1) is 8.85. The summed E-state index contributed by atoms with van der Waals surface area (Å²) in [7, 11) is 1.86. The fourth-order valence-electron chi connectivity index (χ4n) is 3.68. The molecule has 0 amide bonds. The van der Waals surface area contributed by atoms with Crippen LogP contribution in [0.1, 0.15) is 44.9 Å². The van der Waals surface area contributed by atoms with Crippen molar-refractivity contribution in [1.29, 1.82) is 0 Å². The molecule has 3 heteroatoms. The smallest absolute Gasteiger partial charge is 0.0586 e. The monoisotopic (exact) mass is 252 g/mol.